The number of hydrogen-bond donors (Lipinski definition) is 1. The van der Waals surface area contributed by atoms with E-state index in [0.29, 0.717) is 6.61 Å². The van der Waals surface area contributed by atoms with Crippen LogP contribution in [-0.4, -0.2) is 48.7 Å². The number of anilines is 1. The maximum Gasteiger partial charge on any atom is 0.226 e. The van der Waals surface area contributed by atoms with Crippen LogP contribution in [0.1, 0.15) is 12.0 Å². The van der Waals surface area contributed by atoms with E-state index < -0.39 is 0 Å². The van der Waals surface area contributed by atoms with E-state index in [0.717, 1.165) is 56.0 Å². The van der Waals surface area contributed by atoms with Crippen LogP contribution in [0.4, 0.5) is 5.69 Å². The fraction of sp³-hybridized carbons (Fsp3) is 0.381. The summed E-state index contributed by atoms with van der Waals surface area (Å²) >= 11 is 0. The molecular weight excluding hydrogens is 328 g/mol. The van der Waals surface area contributed by atoms with Gasteiger partial charge in [-0.2, -0.15) is 0 Å². The number of rotatable bonds is 2. The van der Waals surface area contributed by atoms with Gasteiger partial charge in [0.2, 0.25) is 5.91 Å². The third-order valence-corrected chi connectivity index (χ3v) is 5.32. The van der Waals surface area contributed by atoms with E-state index in [2.05, 4.69) is 11.0 Å². The second kappa shape index (κ2) is 7.28. The van der Waals surface area contributed by atoms with Crippen LogP contribution >= 0.6 is 0 Å². The average Bonchev–Trinajstić information content (AvgIpc) is 2.91. The largest absolute Gasteiger partial charge is 0.508 e. The molecule has 0 aliphatic carbocycles. The Balaban J connectivity index is 1.38. The molecule has 2 aliphatic rings. The monoisotopic (exact) mass is 352 g/mol. The van der Waals surface area contributed by atoms with Gasteiger partial charge in [-0.05, 0) is 48.7 Å². The number of nitrogens with zero attached hydrogens (tertiary/aromatic N) is 2. The molecule has 4 rings (SSSR count). The third-order valence-electron chi connectivity index (χ3n) is 5.32. The fourth-order valence-electron chi connectivity index (χ4n) is 3.81. The van der Waals surface area contributed by atoms with Gasteiger partial charge in [0.15, 0.2) is 0 Å². The van der Waals surface area contributed by atoms with Gasteiger partial charge in [-0.1, -0.05) is 18.2 Å². The van der Waals surface area contributed by atoms with Crippen molar-refractivity contribution in [2.24, 2.45) is 5.92 Å². The zero-order valence-corrected chi connectivity index (χ0v) is 14.8. The van der Waals surface area contributed by atoms with Crippen LogP contribution in [0, 0.1) is 5.92 Å². The number of hydrogen-bond acceptors (Lipinski definition) is 4. The summed E-state index contributed by atoms with van der Waals surface area (Å²) in [4.78, 5) is 17.3. The number of para-hydroxylation sites is 1. The van der Waals surface area contributed by atoms with Crippen LogP contribution < -0.4 is 9.64 Å². The molecule has 1 fully saturated rings. The molecule has 0 aromatic heterocycles. The highest BCUT2D eigenvalue weighted by Crippen LogP contribution is 2.28. The van der Waals surface area contributed by atoms with Crippen LogP contribution in [0.15, 0.2) is 48.5 Å². The number of carbonyl (C=O) groups is 1. The van der Waals surface area contributed by atoms with Crippen molar-refractivity contribution in [1.29, 1.82) is 0 Å². The van der Waals surface area contributed by atoms with Crippen molar-refractivity contribution in [3.05, 3.63) is 54.1 Å². The maximum absolute atomic E-state index is 13.0. The lowest BCUT2D eigenvalue weighted by atomic mass is 9.95. The first-order valence-electron chi connectivity index (χ1n) is 9.24. The highest BCUT2D eigenvalue weighted by molar-refractivity contribution is 5.79. The van der Waals surface area contributed by atoms with Gasteiger partial charge in [0.1, 0.15) is 11.5 Å². The van der Waals surface area contributed by atoms with Gasteiger partial charge in [-0.25, -0.2) is 0 Å². The minimum atomic E-state index is -0.00104. The lowest BCUT2D eigenvalue weighted by Gasteiger charge is -2.37. The number of ether oxygens (including phenoxy) is 1. The number of piperazine rings is 1. The molecule has 2 aliphatic heterocycles. The second-order valence-electron chi connectivity index (χ2n) is 6.97. The van der Waals surface area contributed by atoms with Crippen LogP contribution in [-0.2, 0) is 11.2 Å². The van der Waals surface area contributed by atoms with Crippen molar-refractivity contribution in [2.75, 3.05) is 37.7 Å². The van der Waals surface area contributed by atoms with Crippen LogP contribution in [0.25, 0.3) is 0 Å². The molecule has 5 heteroatoms. The summed E-state index contributed by atoms with van der Waals surface area (Å²) in [5.74, 6) is 1.44. The predicted molar refractivity (Wildman–Crippen MR) is 101 cm³/mol. The first kappa shape index (κ1) is 16.8. The molecule has 2 aromatic rings. The van der Waals surface area contributed by atoms with E-state index in [9.17, 15) is 9.90 Å². The molecule has 0 saturated carbocycles. The first-order chi connectivity index (χ1) is 12.7. The van der Waals surface area contributed by atoms with Gasteiger partial charge in [-0.3, -0.25) is 4.79 Å². The molecule has 136 valence electrons. The molecule has 2 aromatic carbocycles. The van der Waals surface area contributed by atoms with Gasteiger partial charge in [0.25, 0.3) is 0 Å². The van der Waals surface area contributed by atoms with Gasteiger partial charge >= 0.3 is 0 Å². The normalized spacial score (nSPS) is 20.1. The van der Waals surface area contributed by atoms with Crippen molar-refractivity contribution in [1.82, 2.24) is 4.90 Å². The Labute approximate surface area is 153 Å². The topological polar surface area (TPSA) is 53.0 Å². The summed E-state index contributed by atoms with van der Waals surface area (Å²) < 4.78 is 5.80. The van der Waals surface area contributed by atoms with E-state index in [4.69, 9.17) is 4.74 Å². The van der Waals surface area contributed by atoms with Gasteiger partial charge in [-0.15, -0.1) is 0 Å². The van der Waals surface area contributed by atoms with Crippen LogP contribution in [0.3, 0.4) is 0 Å². The smallest absolute Gasteiger partial charge is 0.226 e. The van der Waals surface area contributed by atoms with Crippen molar-refractivity contribution >= 4 is 11.6 Å². The van der Waals surface area contributed by atoms with E-state index in [1.54, 1.807) is 12.1 Å². The Morgan fingerprint density at radius 2 is 1.73 bits per heavy atom. The number of benzene rings is 2. The predicted octanol–water partition coefficient (Wildman–Crippen LogP) is 2.68. The second-order valence-corrected chi connectivity index (χ2v) is 6.97. The molecule has 1 atom stereocenters. The molecule has 1 N–H and O–H groups in total. The molecule has 5 nitrogen and oxygen atoms in total. The van der Waals surface area contributed by atoms with Crippen molar-refractivity contribution in [3.63, 3.8) is 0 Å². The number of phenols is 1. The lowest BCUT2D eigenvalue weighted by molar-refractivity contribution is -0.136. The lowest BCUT2D eigenvalue weighted by Crippen LogP contribution is -2.50. The molecule has 1 unspecified atom stereocenters. The summed E-state index contributed by atoms with van der Waals surface area (Å²) in [6, 6.07) is 15.3. The Kier molecular flexibility index (Phi) is 4.69. The Hall–Kier alpha value is -2.69. The first-order valence-corrected chi connectivity index (χ1v) is 9.24. The Morgan fingerprint density at radius 1 is 1.00 bits per heavy atom. The number of fused-ring (bicyclic) bond motifs is 1. The van der Waals surface area contributed by atoms with E-state index in [-0.39, 0.29) is 17.6 Å². The van der Waals surface area contributed by atoms with Crippen LogP contribution in [0.2, 0.25) is 0 Å². The molecule has 1 amide bonds. The summed E-state index contributed by atoms with van der Waals surface area (Å²) in [5, 5.41) is 9.43. The number of carbonyl (C=O) groups excluding carboxylic acids is 1. The van der Waals surface area contributed by atoms with Crippen molar-refractivity contribution < 1.29 is 14.6 Å². The average molecular weight is 352 g/mol. The molecular formula is C21H24N2O3. The van der Waals surface area contributed by atoms with Gasteiger partial charge < -0.3 is 19.6 Å². The highest BCUT2D eigenvalue weighted by Gasteiger charge is 2.29. The van der Waals surface area contributed by atoms with Gasteiger partial charge in [0, 0.05) is 37.8 Å². The zero-order valence-electron chi connectivity index (χ0n) is 14.8. The molecule has 1 saturated heterocycles. The van der Waals surface area contributed by atoms with E-state index in [1.165, 1.54) is 0 Å². The maximum atomic E-state index is 13.0. The van der Waals surface area contributed by atoms with Crippen molar-refractivity contribution in [3.8, 4) is 11.5 Å². The van der Waals surface area contributed by atoms with E-state index in [1.807, 2.05) is 35.2 Å². The van der Waals surface area contributed by atoms with Crippen molar-refractivity contribution in [2.45, 2.75) is 12.8 Å². The SMILES string of the molecule is O=C(C1CCOc2ccccc2C1)N1CCN(c2ccc(O)cc2)CC1. The number of phenolic OH excluding ortho intramolecular Hbond substituents is 1. The summed E-state index contributed by atoms with van der Waals surface area (Å²) in [6.07, 6.45) is 1.53. The molecule has 26 heavy (non-hydrogen) atoms. The fourth-order valence-corrected chi connectivity index (χ4v) is 3.81. The molecule has 0 spiro atoms. The van der Waals surface area contributed by atoms with E-state index >= 15 is 0 Å². The standard InChI is InChI=1S/C21H24N2O3/c24-19-7-5-18(6-8-19)22-10-12-23(13-11-22)21(25)17-9-14-26-20-4-2-1-3-16(20)15-17/h1-8,17,24H,9-15H2. The molecule has 2 heterocycles. The minimum Gasteiger partial charge on any atom is -0.508 e. The van der Waals surface area contributed by atoms with Crippen LogP contribution in [0.5, 0.6) is 11.5 Å². The third kappa shape index (κ3) is 3.47. The quantitative estimate of drug-likeness (QED) is 0.903. The summed E-state index contributed by atoms with van der Waals surface area (Å²) in [7, 11) is 0. The number of aromatic hydroxyl groups is 1. The Bertz CT molecular complexity index is 767. The zero-order chi connectivity index (χ0) is 17.9. The molecule has 0 radical (unpaired) electrons. The molecule has 0 bridgehead atoms. The number of amides is 1. The summed E-state index contributed by atoms with van der Waals surface area (Å²) in [6.45, 7) is 3.70. The Morgan fingerprint density at radius 3 is 2.50 bits per heavy atom. The van der Waals surface area contributed by atoms with Gasteiger partial charge in [0.05, 0.1) is 6.61 Å². The highest BCUT2D eigenvalue weighted by atomic mass is 16.5. The minimum absolute atomic E-state index is 0.00104. The summed E-state index contributed by atoms with van der Waals surface area (Å²) in [5.41, 5.74) is 2.22.